The van der Waals surface area contributed by atoms with Crippen LogP contribution in [0, 0.1) is 0 Å². The Labute approximate surface area is 130 Å². The number of benzene rings is 1. The maximum Gasteiger partial charge on any atom is 0.234 e. The molecule has 1 amide bonds. The second kappa shape index (κ2) is 5.57. The van der Waals surface area contributed by atoms with Crippen LogP contribution in [-0.4, -0.2) is 26.9 Å². The summed E-state index contributed by atoms with van der Waals surface area (Å²) in [7, 11) is 0. The van der Waals surface area contributed by atoms with Gasteiger partial charge in [0.15, 0.2) is 0 Å². The average Bonchev–Trinajstić information content (AvgIpc) is 3.11. The monoisotopic (exact) mass is 296 g/mol. The molecule has 0 unspecified atom stereocenters. The lowest BCUT2D eigenvalue weighted by molar-refractivity contribution is -0.122. The second-order valence-corrected chi connectivity index (χ2v) is 6.21. The summed E-state index contributed by atoms with van der Waals surface area (Å²) in [5.74, 6) is 0.0800. The van der Waals surface area contributed by atoms with Crippen molar-refractivity contribution in [2.45, 2.75) is 38.5 Å². The summed E-state index contributed by atoms with van der Waals surface area (Å²) in [6, 6.07) is 8.99. The van der Waals surface area contributed by atoms with Crippen LogP contribution in [0.25, 0.3) is 0 Å². The molecule has 0 radical (unpaired) electrons. The number of aromatic nitrogens is 2. The van der Waals surface area contributed by atoms with Gasteiger partial charge in [0.2, 0.25) is 5.91 Å². The maximum atomic E-state index is 12.2. The molecule has 0 bridgehead atoms. The molecule has 0 saturated heterocycles. The molecular formula is C17H20N4O. The van der Waals surface area contributed by atoms with Gasteiger partial charge in [-0.05, 0) is 24.0 Å². The number of hydrogen-bond donors (Lipinski definition) is 1. The Morgan fingerprint density at radius 3 is 2.64 bits per heavy atom. The molecule has 4 rings (SSSR count). The first-order valence-corrected chi connectivity index (χ1v) is 7.86. The molecule has 114 valence electrons. The van der Waals surface area contributed by atoms with Crippen molar-refractivity contribution in [2.75, 3.05) is 6.54 Å². The van der Waals surface area contributed by atoms with Gasteiger partial charge in [0.05, 0.1) is 25.1 Å². The van der Waals surface area contributed by atoms with Gasteiger partial charge in [-0.15, -0.1) is 0 Å². The average molecular weight is 296 g/mol. The largest absolute Gasteiger partial charge is 0.349 e. The number of imidazole rings is 1. The van der Waals surface area contributed by atoms with Gasteiger partial charge >= 0.3 is 0 Å². The number of hydrogen-bond acceptors (Lipinski definition) is 3. The van der Waals surface area contributed by atoms with Gasteiger partial charge in [-0.3, -0.25) is 9.69 Å². The topological polar surface area (TPSA) is 50.2 Å². The molecular weight excluding hydrogens is 276 g/mol. The van der Waals surface area contributed by atoms with E-state index in [0.717, 1.165) is 18.8 Å². The van der Waals surface area contributed by atoms with Gasteiger partial charge in [0, 0.05) is 25.3 Å². The van der Waals surface area contributed by atoms with Crippen LogP contribution in [0.5, 0.6) is 0 Å². The lowest BCUT2D eigenvalue weighted by Gasteiger charge is -2.14. The predicted molar refractivity (Wildman–Crippen MR) is 82.9 cm³/mol. The molecule has 1 fully saturated rings. The number of nitrogens with one attached hydrogen (secondary N) is 1. The minimum absolute atomic E-state index is 0.0800. The van der Waals surface area contributed by atoms with Crippen molar-refractivity contribution in [1.29, 1.82) is 0 Å². The van der Waals surface area contributed by atoms with Crippen molar-refractivity contribution in [3.8, 4) is 0 Å². The number of nitrogens with zero attached hydrogens (tertiary/aromatic N) is 3. The molecule has 2 heterocycles. The Hall–Kier alpha value is -2.14. The van der Waals surface area contributed by atoms with E-state index in [0.29, 0.717) is 19.1 Å². The van der Waals surface area contributed by atoms with E-state index in [4.69, 9.17) is 0 Å². The highest BCUT2D eigenvalue weighted by Gasteiger charge is 2.25. The molecule has 0 atom stereocenters. The third-order valence-electron chi connectivity index (χ3n) is 4.43. The highest BCUT2D eigenvalue weighted by molar-refractivity contribution is 5.78. The minimum atomic E-state index is 0.0800. The molecule has 1 aromatic carbocycles. The Balaban J connectivity index is 1.29. The van der Waals surface area contributed by atoms with Gasteiger partial charge in [-0.1, -0.05) is 24.3 Å². The predicted octanol–water partition coefficient (Wildman–Crippen LogP) is 1.85. The van der Waals surface area contributed by atoms with Crippen LogP contribution in [0.15, 0.2) is 36.8 Å². The van der Waals surface area contributed by atoms with Crippen LogP contribution >= 0.6 is 0 Å². The quantitative estimate of drug-likeness (QED) is 0.916. The minimum Gasteiger partial charge on any atom is -0.349 e. The van der Waals surface area contributed by atoms with E-state index in [1.165, 1.54) is 24.0 Å². The van der Waals surface area contributed by atoms with Crippen LogP contribution in [0.1, 0.15) is 35.7 Å². The maximum absolute atomic E-state index is 12.2. The summed E-state index contributed by atoms with van der Waals surface area (Å²) < 4.78 is 2.19. The third kappa shape index (κ3) is 2.76. The molecule has 1 aliphatic heterocycles. The second-order valence-electron chi connectivity index (χ2n) is 6.21. The first kappa shape index (κ1) is 13.5. The summed E-state index contributed by atoms with van der Waals surface area (Å²) in [5, 5.41) is 3.02. The Morgan fingerprint density at radius 2 is 1.95 bits per heavy atom. The van der Waals surface area contributed by atoms with Crippen molar-refractivity contribution in [3.63, 3.8) is 0 Å². The number of fused-ring (bicyclic) bond motifs is 1. The molecule has 1 saturated carbocycles. The summed E-state index contributed by atoms with van der Waals surface area (Å²) in [4.78, 5) is 18.5. The molecule has 22 heavy (non-hydrogen) atoms. The molecule has 2 aromatic rings. The fourth-order valence-corrected chi connectivity index (χ4v) is 3.11. The number of amides is 1. The van der Waals surface area contributed by atoms with E-state index >= 15 is 0 Å². The van der Waals surface area contributed by atoms with E-state index < -0.39 is 0 Å². The number of carbonyl (C=O) groups is 1. The highest BCUT2D eigenvalue weighted by atomic mass is 16.2. The molecule has 0 spiro atoms. The van der Waals surface area contributed by atoms with Crippen molar-refractivity contribution in [3.05, 3.63) is 53.6 Å². The van der Waals surface area contributed by atoms with Gasteiger partial charge < -0.3 is 9.88 Å². The Bertz CT molecular complexity index is 664. The van der Waals surface area contributed by atoms with Crippen molar-refractivity contribution in [1.82, 2.24) is 19.8 Å². The molecule has 5 nitrogen and oxygen atoms in total. The summed E-state index contributed by atoms with van der Waals surface area (Å²) in [5.41, 5.74) is 3.77. The molecule has 1 N–H and O–H groups in total. The highest BCUT2D eigenvalue weighted by Crippen LogP contribution is 2.35. The summed E-state index contributed by atoms with van der Waals surface area (Å²) in [6.45, 7) is 2.75. The van der Waals surface area contributed by atoms with E-state index in [1.807, 2.05) is 12.5 Å². The van der Waals surface area contributed by atoms with Gasteiger partial charge in [-0.25, -0.2) is 4.98 Å². The van der Waals surface area contributed by atoms with Crippen LogP contribution in [0.3, 0.4) is 0 Å². The molecule has 2 aliphatic rings. The zero-order valence-electron chi connectivity index (χ0n) is 12.5. The smallest absolute Gasteiger partial charge is 0.234 e. The van der Waals surface area contributed by atoms with Crippen molar-refractivity contribution >= 4 is 5.91 Å². The summed E-state index contributed by atoms with van der Waals surface area (Å²) in [6.07, 6.45) is 6.17. The fourth-order valence-electron chi connectivity index (χ4n) is 3.11. The Kier molecular flexibility index (Phi) is 3.42. The number of rotatable bonds is 5. The normalized spacial score (nSPS) is 17.5. The molecule has 1 aromatic heterocycles. The van der Waals surface area contributed by atoms with Crippen LogP contribution in [0.2, 0.25) is 0 Å². The lowest BCUT2D eigenvalue weighted by Crippen LogP contribution is -2.34. The zero-order valence-corrected chi connectivity index (χ0v) is 12.5. The van der Waals surface area contributed by atoms with Gasteiger partial charge in [0.25, 0.3) is 0 Å². The zero-order chi connectivity index (χ0) is 14.9. The fraction of sp³-hybridized carbons (Fsp3) is 0.412. The number of carbonyl (C=O) groups excluding carboxylic acids is 1. The van der Waals surface area contributed by atoms with Crippen LogP contribution in [0.4, 0.5) is 0 Å². The SMILES string of the molecule is O=C(CN1Cc2ccccc2C1)NCc1cncn1C1CC1. The van der Waals surface area contributed by atoms with E-state index in [1.54, 1.807) is 0 Å². The lowest BCUT2D eigenvalue weighted by atomic mass is 10.1. The van der Waals surface area contributed by atoms with Crippen molar-refractivity contribution < 1.29 is 4.79 Å². The van der Waals surface area contributed by atoms with Gasteiger partial charge in [0.1, 0.15) is 0 Å². The first-order valence-electron chi connectivity index (χ1n) is 7.86. The molecule has 5 heteroatoms. The van der Waals surface area contributed by atoms with E-state index in [-0.39, 0.29) is 5.91 Å². The van der Waals surface area contributed by atoms with Gasteiger partial charge in [-0.2, -0.15) is 0 Å². The molecule has 1 aliphatic carbocycles. The van der Waals surface area contributed by atoms with Crippen LogP contribution in [-0.2, 0) is 24.4 Å². The van der Waals surface area contributed by atoms with Crippen LogP contribution < -0.4 is 5.32 Å². The van der Waals surface area contributed by atoms with E-state index in [2.05, 4.69) is 44.0 Å². The van der Waals surface area contributed by atoms with Crippen molar-refractivity contribution in [2.24, 2.45) is 0 Å². The third-order valence-corrected chi connectivity index (χ3v) is 4.43. The standard InChI is InChI=1S/C17H20N4O/c22-17(11-20-9-13-3-1-2-4-14(13)10-20)19-8-16-7-18-12-21(16)15-5-6-15/h1-4,7,12,15H,5-6,8-11H2,(H,19,22). The van der Waals surface area contributed by atoms with E-state index in [9.17, 15) is 4.79 Å². The first-order chi connectivity index (χ1) is 10.8. The Morgan fingerprint density at radius 1 is 1.23 bits per heavy atom. The summed E-state index contributed by atoms with van der Waals surface area (Å²) >= 11 is 0.